The van der Waals surface area contributed by atoms with E-state index in [0.717, 1.165) is 5.56 Å². The fraction of sp³-hybridized carbons (Fsp3) is 0.143. The quantitative estimate of drug-likeness (QED) is 0.901. The number of ether oxygens (including phenoxy) is 1. The maximum Gasteiger partial charge on any atom is 0.146 e. The summed E-state index contributed by atoms with van der Waals surface area (Å²) < 4.78 is 32.2. The lowest BCUT2D eigenvalue weighted by molar-refractivity contribution is 0.414. The Morgan fingerprint density at radius 2 is 1.95 bits per heavy atom. The van der Waals surface area contributed by atoms with Crippen LogP contribution in [0.4, 0.5) is 14.5 Å². The van der Waals surface area contributed by atoms with E-state index in [9.17, 15) is 8.78 Å². The molecule has 0 aliphatic carbocycles. The van der Waals surface area contributed by atoms with E-state index >= 15 is 0 Å². The van der Waals surface area contributed by atoms with Gasteiger partial charge in [0.1, 0.15) is 17.4 Å². The molecule has 0 saturated carbocycles. The molecule has 2 aromatic rings. The highest BCUT2D eigenvalue weighted by atomic mass is 79.9. The highest BCUT2D eigenvalue weighted by Crippen LogP contribution is 2.23. The number of hydrogen-bond donors (Lipinski definition) is 1. The van der Waals surface area contributed by atoms with Crippen molar-refractivity contribution < 1.29 is 13.5 Å². The minimum atomic E-state index is -0.362. The van der Waals surface area contributed by atoms with E-state index < -0.39 is 0 Å². The Kier molecular flexibility index (Phi) is 4.37. The van der Waals surface area contributed by atoms with E-state index in [4.69, 9.17) is 4.74 Å². The molecule has 0 fully saturated rings. The van der Waals surface area contributed by atoms with Gasteiger partial charge in [0.2, 0.25) is 0 Å². The monoisotopic (exact) mass is 327 g/mol. The molecule has 2 rings (SSSR count). The van der Waals surface area contributed by atoms with Crippen LogP contribution in [0.5, 0.6) is 5.75 Å². The summed E-state index contributed by atoms with van der Waals surface area (Å²) in [4.78, 5) is 0. The van der Waals surface area contributed by atoms with Crippen molar-refractivity contribution in [3.05, 3.63) is 58.1 Å². The molecular weight excluding hydrogens is 316 g/mol. The molecule has 0 aliphatic rings. The van der Waals surface area contributed by atoms with Gasteiger partial charge in [0, 0.05) is 17.1 Å². The molecule has 0 heterocycles. The van der Waals surface area contributed by atoms with Gasteiger partial charge >= 0.3 is 0 Å². The number of benzene rings is 2. The molecule has 0 atom stereocenters. The van der Waals surface area contributed by atoms with E-state index in [1.165, 1.54) is 25.3 Å². The van der Waals surface area contributed by atoms with Crippen LogP contribution in [0, 0.1) is 11.6 Å². The highest BCUT2D eigenvalue weighted by molar-refractivity contribution is 9.10. The van der Waals surface area contributed by atoms with Crippen molar-refractivity contribution in [2.24, 2.45) is 0 Å². The summed E-state index contributed by atoms with van der Waals surface area (Å²) in [6, 6.07) is 8.84. The second-order valence-corrected chi connectivity index (χ2v) is 4.79. The third-order valence-corrected chi connectivity index (χ3v) is 3.40. The Bertz CT molecular complexity index is 590. The standard InChI is InChI=1S/C14H12BrF2NO/c1-19-11-4-5-13(17)14(7-11)18-8-9-2-3-10(16)6-12(9)15/h2-7,18H,8H2,1H3. The van der Waals surface area contributed by atoms with Gasteiger partial charge in [-0.25, -0.2) is 8.78 Å². The molecule has 0 saturated heterocycles. The van der Waals surface area contributed by atoms with Gasteiger partial charge in [-0.05, 0) is 29.8 Å². The Hall–Kier alpha value is -1.62. The van der Waals surface area contributed by atoms with Gasteiger partial charge in [0.15, 0.2) is 0 Å². The Labute approximate surface area is 118 Å². The largest absolute Gasteiger partial charge is 0.497 e. The third-order valence-electron chi connectivity index (χ3n) is 2.66. The molecule has 19 heavy (non-hydrogen) atoms. The number of methoxy groups -OCH3 is 1. The van der Waals surface area contributed by atoms with Gasteiger partial charge in [-0.2, -0.15) is 0 Å². The normalized spacial score (nSPS) is 10.3. The first-order valence-corrected chi connectivity index (χ1v) is 6.41. The van der Waals surface area contributed by atoms with Gasteiger partial charge in [0.25, 0.3) is 0 Å². The second-order valence-electron chi connectivity index (χ2n) is 3.94. The summed E-state index contributed by atoms with van der Waals surface area (Å²) in [5.41, 5.74) is 1.18. The number of rotatable bonds is 4. The zero-order valence-electron chi connectivity index (χ0n) is 10.2. The second kappa shape index (κ2) is 6.02. The third kappa shape index (κ3) is 3.44. The molecule has 0 aromatic heterocycles. The minimum absolute atomic E-state index is 0.316. The fourth-order valence-corrected chi connectivity index (χ4v) is 2.11. The molecule has 2 aromatic carbocycles. The van der Waals surface area contributed by atoms with Crippen LogP contribution in [0.15, 0.2) is 40.9 Å². The van der Waals surface area contributed by atoms with Gasteiger partial charge in [-0.15, -0.1) is 0 Å². The first-order chi connectivity index (χ1) is 9.10. The van der Waals surface area contributed by atoms with E-state index in [1.54, 1.807) is 18.2 Å². The van der Waals surface area contributed by atoms with Crippen LogP contribution >= 0.6 is 15.9 Å². The van der Waals surface area contributed by atoms with Crippen LogP contribution < -0.4 is 10.1 Å². The van der Waals surface area contributed by atoms with Crippen molar-refractivity contribution in [1.29, 1.82) is 0 Å². The smallest absolute Gasteiger partial charge is 0.146 e. The zero-order valence-corrected chi connectivity index (χ0v) is 11.8. The molecule has 1 N–H and O–H groups in total. The van der Waals surface area contributed by atoms with Crippen LogP contribution in [-0.4, -0.2) is 7.11 Å². The van der Waals surface area contributed by atoms with Crippen molar-refractivity contribution in [2.75, 3.05) is 12.4 Å². The summed E-state index contributed by atoms with van der Waals surface area (Å²) in [6.07, 6.45) is 0. The van der Waals surface area contributed by atoms with Crippen molar-refractivity contribution in [1.82, 2.24) is 0 Å². The summed E-state index contributed by atoms with van der Waals surface area (Å²) >= 11 is 3.27. The van der Waals surface area contributed by atoms with Crippen LogP contribution in [0.25, 0.3) is 0 Å². The lowest BCUT2D eigenvalue weighted by Gasteiger charge is -2.10. The highest BCUT2D eigenvalue weighted by Gasteiger charge is 2.06. The van der Waals surface area contributed by atoms with Crippen molar-refractivity contribution in [3.63, 3.8) is 0 Å². The molecule has 0 bridgehead atoms. The number of hydrogen-bond acceptors (Lipinski definition) is 2. The molecule has 0 aliphatic heterocycles. The predicted octanol–water partition coefficient (Wildman–Crippen LogP) is 4.35. The minimum Gasteiger partial charge on any atom is -0.497 e. The molecule has 100 valence electrons. The number of anilines is 1. The number of nitrogens with one attached hydrogen (secondary N) is 1. The predicted molar refractivity (Wildman–Crippen MR) is 74.4 cm³/mol. The first kappa shape index (κ1) is 13.8. The molecule has 0 spiro atoms. The maximum atomic E-state index is 13.6. The van der Waals surface area contributed by atoms with Gasteiger partial charge in [-0.3, -0.25) is 0 Å². The van der Waals surface area contributed by atoms with Crippen LogP contribution in [0.3, 0.4) is 0 Å². The lowest BCUT2D eigenvalue weighted by atomic mass is 10.2. The van der Waals surface area contributed by atoms with Crippen molar-refractivity contribution >= 4 is 21.6 Å². The van der Waals surface area contributed by atoms with Gasteiger partial charge < -0.3 is 10.1 Å². The first-order valence-electron chi connectivity index (χ1n) is 5.61. The Morgan fingerprint density at radius 1 is 1.16 bits per heavy atom. The lowest BCUT2D eigenvalue weighted by Crippen LogP contribution is -2.02. The topological polar surface area (TPSA) is 21.3 Å². The molecule has 0 radical (unpaired) electrons. The summed E-state index contributed by atoms with van der Waals surface area (Å²) in [5.74, 6) is -0.107. The summed E-state index contributed by atoms with van der Waals surface area (Å²) in [5, 5.41) is 2.96. The zero-order chi connectivity index (χ0) is 13.8. The molecule has 2 nitrogen and oxygen atoms in total. The summed E-state index contributed by atoms with van der Waals surface area (Å²) in [7, 11) is 1.52. The molecular formula is C14H12BrF2NO. The van der Waals surface area contributed by atoms with E-state index in [1.807, 2.05) is 0 Å². The van der Waals surface area contributed by atoms with Crippen molar-refractivity contribution in [3.8, 4) is 5.75 Å². The van der Waals surface area contributed by atoms with Crippen molar-refractivity contribution in [2.45, 2.75) is 6.54 Å². The van der Waals surface area contributed by atoms with E-state index in [0.29, 0.717) is 22.5 Å². The molecule has 0 unspecified atom stereocenters. The SMILES string of the molecule is COc1ccc(F)c(NCc2ccc(F)cc2Br)c1. The van der Waals surface area contributed by atoms with Crippen LogP contribution in [-0.2, 0) is 6.54 Å². The van der Waals surface area contributed by atoms with Crippen LogP contribution in [0.1, 0.15) is 5.56 Å². The van der Waals surface area contributed by atoms with Gasteiger partial charge in [0.05, 0.1) is 12.8 Å². The van der Waals surface area contributed by atoms with E-state index in [-0.39, 0.29) is 11.6 Å². The van der Waals surface area contributed by atoms with Gasteiger partial charge in [-0.1, -0.05) is 22.0 Å². The average Bonchev–Trinajstić information content (AvgIpc) is 2.39. The Balaban J connectivity index is 2.14. The Morgan fingerprint density at radius 3 is 2.63 bits per heavy atom. The number of halogens is 3. The average molecular weight is 328 g/mol. The van der Waals surface area contributed by atoms with Crippen LogP contribution in [0.2, 0.25) is 0 Å². The molecule has 5 heteroatoms. The van der Waals surface area contributed by atoms with E-state index in [2.05, 4.69) is 21.2 Å². The fourth-order valence-electron chi connectivity index (χ4n) is 1.62. The maximum absolute atomic E-state index is 13.6. The summed E-state index contributed by atoms with van der Waals surface area (Å²) in [6.45, 7) is 0.380. The molecule has 0 amide bonds.